The van der Waals surface area contributed by atoms with Gasteiger partial charge in [0.25, 0.3) is 0 Å². The number of halogens is 2. The van der Waals surface area contributed by atoms with E-state index in [0.717, 1.165) is 53.2 Å². The second-order valence-corrected chi connectivity index (χ2v) is 23.9. The van der Waals surface area contributed by atoms with E-state index in [1.54, 1.807) is 29.8 Å². The molecular weight excluding hydrogens is 1110 g/mol. The van der Waals surface area contributed by atoms with Gasteiger partial charge in [-0.15, -0.1) is 11.3 Å². The Balaban J connectivity index is 0.584. The molecule has 0 unspecified atom stereocenters. The van der Waals surface area contributed by atoms with Crippen molar-refractivity contribution >= 4 is 40.1 Å². The molecule has 0 aliphatic carbocycles. The third-order valence-electron chi connectivity index (χ3n) is 15.8. The zero-order chi connectivity index (χ0) is 59.7. The molecule has 20 nitrogen and oxygen atoms in total. The molecule has 85 heavy (non-hydrogen) atoms. The van der Waals surface area contributed by atoms with Crippen LogP contribution in [0.2, 0.25) is 0 Å². The largest absolute Gasteiger partial charge is 0.392 e. The number of likely N-dealkylation sites (tertiary alicyclic amines) is 2. The number of benzene rings is 3. The Morgan fingerprint density at radius 2 is 1.51 bits per heavy atom. The highest BCUT2D eigenvalue weighted by molar-refractivity contribution is 7.13. The predicted molar refractivity (Wildman–Crippen MR) is 319 cm³/mol. The molecule has 4 N–H and O–H groups in total. The average molecular weight is 1190 g/mol. The number of ether oxygens (including phenoxy) is 5. The fourth-order valence-corrected chi connectivity index (χ4v) is 11.6. The fraction of sp³-hybridized carbons (Fsp3) is 0.532. The van der Waals surface area contributed by atoms with Gasteiger partial charge in [-0.25, -0.2) is 18.7 Å². The maximum atomic E-state index is 15.4. The number of nitrogens with one attached hydrogen (secondary N) is 3. The number of piperidine rings is 1. The number of hydrogen-bond acceptors (Lipinski definition) is 17. The van der Waals surface area contributed by atoms with Crippen LogP contribution in [0.25, 0.3) is 43.9 Å². The number of morpholine rings is 1. The lowest BCUT2D eigenvalue weighted by atomic mass is 9.86. The number of aryl methyl sites for hydroxylation is 1. The molecule has 9 rings (SSSR count). The van der Waals surface area contributed by atoms with Crippen LogP contribution in [0.15, 0.2) is 78.7 Å². The highest BCUT2D eigenvalue weighted by atomic mass is 32.1. The van der Waals surface area contributed by atoms with Gasteiger partial charge in [-0.2, -0.15) is 5.10 Å². The van der Waals surface area contributed by atoms with Gasteiger partial charge < -0.3 is 44.7 Å². The number of aromatic nitrogens is 5. The summed E-state index contributed by atoms with van der Waals surface area (Å²) < 4.78 is 60.8. The van der Waals surface area contributed by atoms with Crippen LogP contribution in [0.1, 0.15) is 69.3 Å². The zero-order valence-corrected chi connectivity index (χ0v) is 50.1. The van der Waals surface area contributed by atoms with Crippen LogP contribution in [0, 0.1) is 24.0 Å². The fourth-order valence-electron chi connectivity index (χ4n) is 10.8. The minimum atomic E-state index is -0.638. The van der Waals surface area contributed by atoms with Gasteiger partial charge in [-0.3, -0.25) is 38.7 Å². The first kappa shape index (κ1) is 63.3. The Hall–Kier alpha value is -6.25. The van der Waals surface area contributed by atoms with Gasteiger partial charge in [-0.1, -0.05) is 57.2 Å². The second kappa shape index (κ2) is 30.9. The molecule has 3 aliphatic rings. The van der Waals surface area contributed by atoms with E-state index in [4.69, 9.17) is 28.7 Å². The normalized spacial score (nSPS) is 17.8. The Morgan fingerprint density at radius 3 is 2.19 bits per heavy atom. The maximum absolute atomic E-state index is 15.4. The number of hydrogen-bond donors (Lipinski definition) is 4. The number of thiazole rings is 1. The quantitative estimate of drug-likeness (QED) is 0.0385. The summed E-state index contributed by atoms with van der Waals surface area (Å²) in [5, 5.41) is 24.4. The highest BCUT2D eigenvalue weighted by Crippen LogP contribution is 2.33. The third-order valence-corrected chi connectivity index (χ3v) is 16.8. The molecule has 23 heteroatoms. The number of aliphatic hydroxyl groups is 1. The number of aliphatic hydroxyl groups excluding tert-OH is 1. The monoisotopic (exact) mass is 1190 g/mol. The molecular formula is C62H81F2N11O9S. The molecule has 3 atom stereocenters. The van der Waals surface area contributed by atoms with E-state index in [1.807, 2.05) is 90.3 Å². The molecule has 3 aromatic carbocycles. The summed E-state index contributed by atoms with van der Waals surface area (Å²) >= 11 is 1.60. The molecule has 3 saturated heterocycles. The van der Waals surface area contributed by atoms with Crippen LogP contribution < -0.4 is 16.0 Å². The minimum absolute atomic E-state index is 0.0432. The van der Waals surface area contributed by atoms with E-state index in [0.29, 0.717) is 140 Å². The van der Waals surface area contributed by atoms with Crippen molar-refractivity contribution in [1.29, 1.82) is 0 Å². The van der Waals surface area contributed by atoms with Crippen molar-refractivity contribution in [3.05, 3.63) is 107 Å². The molecule has 0 saturated carbocycles. The molecule has 3 aromatic heterocycles. The summed E-state index contributed by atoms with van der Waals surface area (Å²) in [5.74, 6) is -1.56. The molecule has 0 radical (unpaired) electrons. The first-order valence-electron chi connectivity index (χ1n) is 29.5. The summed E-state index contributed by atoms with van der Waals surface area (Å²) in [6, 6.07) is 15.6. The van der Waals surface area contributed by atoms with E-state index in [1.165, 1.54) is 12.1 Å². The summed E-state index contributed by atoms with van der Waals surface area (Å²) in [6.07, 6.45) is 6.89. The van der Waals surface area contributed by atoms with Gasteiger partial charge in [-0.05, 0) is 66.5 Å². The molecule has 6 aromatic rings. The number of para-hydroxylation sites is 1. The zero-order valence-electron chi connectivity index (χ0n) is 49.2. The van der Waals surface area contributed by atoms with Gasteiger partial charge in [0.2, 0.25) is 17.7 Å². The summed E-state index contributed by atoms with van der Waals surface area (Å²) in [7, 11) is 0. The van der Waals surface area contributed by atoms with Crippen LogP contribution in [0.5, 0.6) is 0 Å². The summed E-state index contributed by atoms with van der Waals surface area (Å²) in [4.78, 5) is 60.4. The van der Waals surface area contributed by atoms with Gasteiger partial charge in [0.05, 0.1) is 136 Å². The Morgan fingerprint density at radius 1 is 0.812 bits per heavy atom. The number of carbonyl (C=O) groups is 3. The Bertz CT molecular complexity index is 3110. The highest BCUT2D eigenvalue weighted by Gasteiger charge is 2.39. The second-order valence-electron chi connectivity index (χ2n) is 23.0. The van der Waals surface area contributed by atoms with Crippen LogP contribution in [-0.2, 0) is 51.2 Å². The van der Waals surface area contributed by atoms with Gasteiger partial charge in [0.15, 0.2) is 0 Å². The van der Waals surface area contributed by atoms with Crippen molar-refractivity contribution in [3.8, 4) is 32.8 Å². The maximum Gasteiger partial charge on any atom is 0.237 e. The van der Waals surface area contributed by atoms with E-state index in [9.17, 15) is 19.5 Å². The molecule has 0 bridgehead atoms. The van der Waals surface area contributed by atoms with Crippen molar-refractivity contribution in [2.45, 2.75) is 90.7 Å². The molecule has 6 heterocycles. The lowest BCUT2D eigenvalue weighted by Crippen LogP contribution is -2.54. The predicted octanol–water partition coefficient (Wildman–Crippen LogP) is 6.19. The SMILES string of the molecule is Cc1ncsc1-c1ccc(CNC(=O)[C@@H]2C[C@@H](O)CN2C[C@@H](NC(=O)CCOCCOCCOCCOCCNC(=O)CN2CCC(n3cc(-c4cnc5cccc(-c6cc(F)c(CN7CCOCC7)c(F)c6)c5n4)cn3)CC2)C(C)(C)C)cc1. The van der Waals surface area contributed by atoms with Crippen LogP contribution in [-0.4, -0.2) is 199 Å². The number of nitrogens with zero attached hydrogens (tertiary/aromatic N) is 8. The number of fused-ring (bicyclic) bond motifs is 1. The molecule has 0 spiro atoms. The number of rotatable bonds is 29. The molecule has 3 amide bonds. The van der Waals surface area contributed by atoms with Crippen molar-refractivity contribution in [2.75, 3.05) is 118 Å². The number of β-amino-alcohol motifs (C(OH)–C–C–N with tert-alkyl or cyclic N) is 1. The van der Waals surface area contributed by atoms with Crippen LogP contribution >= 0.6 is 11.3 Å². The third kappa shape index (κ3) is 18.2. The summed E-state index contributed by atoms with van der Waals surface area (Å²) in [6.45, 7) is 16.7. The minimum Gasteiger partial charge on any atom is -0.392 e. The van der Waals surface area contributed by atoms with Gasteiger partial charge >= 0.3 is 0 Å². The van der Waals surface area contributed by atoms with Crippen LogP contribution in [0.4, 0.5) is 8.78 Å². The van der Waals surface area contributed by atoms with Gasteiger partial charge in [0, 0.05) is 94.3 Å². The lowest BCUT2D eigenvalue weighted by molar-refractivity contribution is -0.126. The molecule has 3 aliphatic heterocycles. The summed E-state index contributed by atoms with van der Waals surface area (Å²) in [5.41, 5.74) is 8.14. The van der Waals surface area contributed by atoms with E-state index < -0.39 is 23.8 Å². The molecule has 458 valence electrons. The molecule has 3 fully saturated rings. The standard InChI is InChI=1S/C62H81F2N11O9S/c1-42-60(85-41-68-42)44-10-8-43(9-11-44)33-67-61(79)55-32-48(76)37-74(55)39-56(62(2,3)4)71-57(77)14-20-80-24-26-83-28-29-84-27-25-81-21-15-65-58(78)40-72-16-12-47(13-17-72)75-36-46(34-69-75)54-35-66-53-7-5-6-49(59(53)70-54)45-30-51(63)50(52(64)31-45)38-73-18-22-82-23-19-73/h5-11,30-31,34-36,41,47-48,55-56,76H,12-29,32-33,37-40H2,1-4H3,(H,65,78)(H,67,79)(H,71,77)/t48-,55+,56-/m1/s1. The average Bonchev–Trinajstić information content (AvgIpc) is 4.40. The number of amides is 3. The number of carbonyl (C=O) groups excluding carboxylic acids is 3. The first-order chi connectivity index (χ1) is 41.1. The van der Waals surface area contributed by atoms with Crippen molar-refractivity contribution in [1.82, 2.24) is 55.4 Å². The van der Waals surface area contributed by atoms with Crippen molar-refractivity contribution in [3.63, 3.8) is 0 Å². The Labute approximate surface area is 499 Å². The van der Waals surface area contributed by atoms with Crippen LogP contribution in [0.3, 0.4) is 0 Å². The smallest absolute Gasteiger partial charge is 0.237 e. The van der Waals surface area contributed by atoms with E-state index in [2.05, 4.69) is 35.9 Å². The Kier molecular flexibility index (Phi) is 23.0. The first-order valence-corrected chi connectivity index (χ1v) is 30.4. The van der Waals surface area contributed by atoms with Gasteiger partial charge in [0.1, 0.15) is 11.6 Å². The van der Waals surface area contributed by atoms with E-state index in [-0.39, 0.29) is 60.4 Å². The van der Waals surface area contributed by atoms with E-state index >= 15 is 8.78 Å². The van der Waals surface area contributed by atoms with Crippen molar-refractivity contribution < 1.29 is 52.0 Å². The van der Waals surface area contributed by atoms with Crippen molar-refractivity contribution in [2.24, 2.45) is 5.41 Å². The topological polar surface area (TPSA) is 220 Å². The lowest BCUT2D eigenvalue weighted by Gasteiger charge is -2.36.